The fourth-order valence-electron chi connectivity index (χ4n) is 5.76. The second-order valence-electron chi connectivity index (χ2n) is 9.77. The van der Waals surface area contributed by atoms with Gasteiger partial charge in [-0.05, 0) is 49.3 Å². The molecule has 0 aliphatic heterocycles. The van der Waals surface area contributed by atoms with E-state index in [2.05, 4.69) is 0 Å². The Bertz CT molecular complexity index is 1080. The Morgan fingerprint density at radius 3 is 2.59 bits per heavy atom. The quantitative estimate of drug-likeness (QED) is 0.355. The summed E-state index contributed by atoms with van der Waals surface area (Å²) in [6.07, 6.45) is 0.858. The molecule has 2 fully saturated rings. The van der Waals surface area contributed by atoms with Crippen molar-refractivity contribution >= 4 is 28.9 Å². The first-order valence-electron chi connectivity index (χ1n) is 11.7. The minimum atomic E-state index is -2.52. The number of carbonyl (C=O) groups is 3. The molecule has 0 aromatic heterocycles. The molecule has 3 aliphatic rings. The van der Waals surface area contributed by atoms with Crippen molar-refractivity contribution in [2.24, 2.45) is 23.5 Å². The second-order valence-corrected chi connectivity index (χ2v) is 9.77. The Morgan fingerprint density at radius 2 is 1.97 bits per heavy atom. The van der Waals surface area contributed by atoms with Gasteiger partial charge >= 0.3 is 0 Å². The predicted octanol–water partition coefficient (Wildman–Crippen LogP) is 1.13. The topological polar surface area (TPSA) is 150 Å². The lowest BCUT2D eigenvalue weighted by atomic mass is 9.56. The number of amides is 1. The van der Waals surface area contributed by atoms with Gasteiger partial charge in [-0.15, -0.1) is 0 Å². The van der Waals surface area contributed by atoms with Gasteiger partial charge in [0, 0.05) is 31.3 Å². The van der Waals surface area contributed by atoms with Crippen molar-refractivity contribution in [3.8, 4) is 5.75 Å². The number of hydrogen-bond acceptors (Lipinski definition) is 8. The third-order valence-corrected chi connectivity index (χ3v) is 7.46. The molecule has 4 rings (SSSR count). The SMILES string of the molecule is CCCCOc1ccc(N(C)C)c2c1C(O)=C1C(=O)[C@]3(O)C(=O)C(C(N)=O)C(O)C[C@@H]3C[C@@H]1C2. The van der Waals surface area contributed by atoms with Crippen LogP contribution >= 0.6 is 0 Å². The molecule has 0 radical (unpaired) electrons. The zero-order valence-electron chi connectivity index (χ0n) is 19.7. The molecule has 1 aromatic rings. The van der Waals surface area contributed by atoms with E-state index < -0.39 is 46.9 Å². The molecule has 184 valence electrons. The van der Waals surface area contributed by atoms with Crippen molar-refractivity contribution in [1.82, 2.24) is 0 Å². The monoisotopic (exact) mass is 472 g/mol. The fourth-order valence-corrected chi connectivity index (χ4v) is 5.76. The Labute approximate surface area is 198 Å². The summed E-state index contributed by atoms with van der Waals surface area (Å²) in [6, 6.07) is 3.65. The van der Waals surface area contributed by atoms with Crippen LogP contribution in [0.2, 0.25) is 0 Å². The molecule has 5 atom stereocenters. The molecular formula is C25H32N2O7. The third-order valence-electron chi connectivity index (χ3n) is 7.46. The summed E-state index contributed by atoms with van der Waals surface area (Å²) in [7, 11) is 3.77. The molecular weight excluding hydrogens is 440 g/mol. The van der Waals surface area contributed by atoms with Crippen molar-refractivity contribution in [2.75, 3.05) is 25.6 Å². The van der Waals surface area contributed by atoms with E-state index in [0.717, 1.165) is 24.1 Å². The van der Waals surface area contributed by atoms with E-state index in [-0.39, 0.29) is 24.2 Å². The Balaban J connectivity index is 1.85. The highest BCUT2D eigenvalue weighted by Gasteiger charge is 2.64. The van der Waals surface area contributed by atoms with Gasteiger partial charge in [0.1, 0.15) is 17.4 Å². The molecule has 3 aliphatic carbocycles. The first kappa shape index (κ1) is 24.2. The highest BCUT2D eigenvalue weighted by molar-refractivity contribution is 6.24. The van der Waals surface area contributed by atoms with E-state index in [1.165, 1.54) is 0 Å². The molecule has 34 heavy (non-hydrogen) atoms. The molecule has 2 unspecified atom stereocenters. The van der Waals surface area contributed by atoms with Gasteiger partial charge in [-0.3, -0.25) is 14.4 Å². The van der Waals surface area contributed by atoms with Gasteiger partial charge in [-0.25, -0.2) is 0 Å². The van der Waals surface area contributed by atoms with Crippen LogP contribution in [0.5, 0.6) is 5.75 Å². The Kier molecular flexibility index (Phi) is 6.20. The van der Waals surface area contributed by atoms with Crippen molar-refractivity contribution in [2.45, 2.75) is 50.7 Å². The van der Waals surface area contributed by atoms with Gasteiger partial charge in [0.2, 0.25) is 11.7 Å². The average molecular weight is 473 g/mol. The maximum atomic E-state index is 13.6. The number of ether oxygens (including phenoxy) is 1. The van der Waals surface area contributed by atoms with Gasteiger partial charge in [-0.2, -0.15) is 0 Å². The minimum absolute atomic E-state index is 0.0320. The first-order valence-corrected chi connectivity index (χ1v) is 11.7. The second kappa shape index (κ2) is 8.70. The molecule has 0 spiro atoms. The molecule has 0 bridgehead atoms. The number of carbonyl (C=O) groups excluding carboxylic acids is 3. The fraction of sp³-hybridized carbons (Fsp3) is 0.560. The number of fused-ring (bicyclic) bond motifs is 3. The zero-order valence-corrected chi connectivity index (χ0v) is 19.7. The van der Waals surface area contributed by atoms with E-state index in [1.54, 1.807) is 6.07 Å². The van der Waals surface area contributed by atoms with Gasteiger partial charge in [0.25, 0.3) is 0 Å². The van der Waals surface area contributed by atoms with Crippen LogP contribution in [0.4, 0.5) is 5.69 Å². The predicted molar refractivity (Wildman–Crippen MR) is 124 cm³/mol. The number of benzene rings is 1. The molecule has 5 N–H and O–H groups in total. The number of nitrogens with two attached hydrogens (primary N) is 1. The highest BCUT2D eigenvalue weighted by Crippen LogP contribution is 2.52. The first-order chi connectivity index (χ1) is 16.0. The van der Waals surface area contributed by atoms with Crippen LogP contribution in [0.3, 0.4) is 0 Å². The number of primary amides is 1. The van der Waals surface area contributed by atoms with Gasteiger partial charge < -0.3 is 30.7 Å². The van der Waals surface area contributed by atoms with Crippen molar-refractivity contribution < 1.29 is 34.4 Å². The van der Waals surface area contributed by atoms with Crippen LogP contribution in [-0.2, 0) is 20.8 Å². The summed E-state index contributed by atoms with van der Waals surface area (Å²) in [5.41, 5.74) is 4.82. The normalized spacial score (nSPS) is 30.4. The number of ketones is 2. The van der Waals surface area contributed by atoms with E-state index in [0.29, 0.717) is 24.3 Å². The van der Waals surface area contributed by atoms with Crippen molar-refractivity contribution in [3.05, 3.63) is 28.8 Å². The van der Waals surface area contributed by atoms with Crippen LogP contribution < -0.4 is 15.4 Å². The summed E-state index contributed by atoms with van der Waals surface area (Å²) in [6.45, 7) is 2.47. The standard InChI is InChI=1S/C25H32N2O7/c1-4-5-8-34-17-7-6-15(27(2)3)14-10-12-9-13-11-16(28)20(24(26)32)23(31)25(13,33)22(30)18(12)21(29)19(14)17/h6-7,12-13,16,20,28-29,33H,4-5,8-11H2,1-3H3,(H2,26,32)/t12-,13+,16?,20?,25+/m1/s1. The average Bonchev–Trinajstić information content (AvgIpc) is 2.76. The zero-order chi connectivity index (χ0) is 24.9. The van der Waals surface area contributed by atoms with Crippen molar-refractivity contribution in [1.29, 1.82) is 0 Å². The molecule has 9 nitrogen and oxygen atoms in total. The maximum absolute atomic E-state index is 13.6. The van der Waals surface area contributed by atoms with E-state index in [9.17, 15) is 29.7 Å². The third kappa shape index (κ3) is 3.49. The molecule has 1 amide bonds. The van der Waals surface area contributed by atoms with Crippen LogP contribution in [0.1, 0.15) is 43.7 Å². The lowest BCUT2D eigenvalue weighted by Crippen LogP contribution is -2.66. The lowest BCUT2D eigenvalue weighted by molar-refractivity contribution is -0.174. The highest BCUT2D eigenvalue weighted by atomic mass is 16.5. The van der Waals surface area contributed by atoms with Crippen LogP contribution in [0.15, 0.2) is 17.7 Å². The number of aliphatic hydroxyl groups is 3. The van der Waals surface area contributed by atoms with Crippen LogP contribution in [-0.4, -0.2) is 65.2 Å². The van der Waals surface area contributed by atoms with Crippen LogP contribution in [0, 0.1) is 17.8 Å². The largest absolute Gasteiger partial charge is 0.507 e. The molecule has 9 heteroatoms. The molecule has 0 saturated heterocycles. The number of Topliss-reactive ketones (excluding diaryl/α,β-unsaturated/α-hetero) is 2. The number of aliphatic hydroxyl groups excluding tert-OH is 2. The number of unbranched alkanes of at least 4 members (excludes halogenated alkanes) is 1. The van der Waals surface area contributed by atoms with E-state index >= 15 is 0 Å². The van der Waals surface area contributed by atoms with Gasteiger partial charge in [0.05, 0.1) is 18.3 Å². The summed E-state index contributed by atoms with van der Waals surface area (Å²) >= 11 is 0. The number of anilines is 1. The van der Waals surface area contributed by atoms with Gasteiger partial charge in [-0.1, -0.05) is 13.3 Å². The maximum Gasteiger partial charge on any atom is 0.230 e. The summed E-state index contributed by atoms with van der Waals surface area (Å²) in [4.78, 5) is 40.5. The molecule has 0 heterocycles. The lowest BCUT2D eigenvalue weighted by Gasteiger charge is -2.48. The molecule has 1 aromatic carbocycles. The number of hydrogen-bond donors (Lipinski definition) is 4. The summed E-state index contributed by atoms with van der Waals surface area (Å²) < 4.78 is 5.93. The summed E-state index contributed by atoms with van der Waals surface area (Å²) in [5, 5.41) is 33.1. The van der Waals surface area contributed by atoms with E-state index in [4.69, 9.17) is 10.5 Å². The van der Waals surface area contributed by atoms with Crippen molar-refractivity contribution in [3.63, 3.8) is 0 Å². The number of nitrogens with zero attached hydrogens (tertiary/aromatic N) is 1. The van der Waals surface area contributed by atoms with Crippen LogP contribution in [0.25, 0.3) is 5.76 Å². The number of rotatable bonds is 6. The Morgan fingerprint density at radius 1 is 1.26 bits per heavy atom. The van der Waals surface area contributed by atoms with Gasteiger partial charge in [0.15, 0.2) is 11.4 Å². The molecule has 2 saturated carbocycles. The summed E-state index contributed by atoms with van der Waals surface area (Å²) in [5.74, 6) is -6.00. The minimum Gasteiger partial charge on any atom is -0.507 e. The van der Waals surface area contributed by atoms with E-state index in [1.807, 2.05) is 32.0 Å². The Hall–Kier alpha value is -2.91. The smallest absolute Gasteiger partial charge is 0.230 e.